The monoisotopic (exact) mass is 486 g/mol. The van der Waals surface area contributed by atoms with Crippen molar-refractivity contribution in [2.45, 2.75) is 26.7 Å². The number of hydrazone groups is 2. The van der Waals surface area contributed by atoms with Crippen LogP contribution >= 0.6 is 46.4 Å². The van der Waals surface area contributed by atoms with Gasteiger partial charge in [-0.1, -0.05) is 58.5 Å². The summed E-state index contributed by atoms with van der Waals surface area (Å²) in [4.78, 5) is 23.8. The van der Waals surface area contributed by atoms with Crippen LogP contribution in [0.1, 0.15) is 37.8 Å². The van der Waals surface area contributed by atoms with E-state index in [1.165, 1.54) is 0 Å². The molecule has 2 amide bonds. The van der Waals surface area contributed by atoms with E-state index in [-0.39, 0.29) is 12.8 Å². The van der Waals surface area contributed by atoms with Gasteiger partial charge in [-0.15, -0.1) is 0 Å². The molecule has 2 aromatic carbocycles. The quantitative estimate of drug-likeness (QED) is 0.401. The van der Waals surface area contributed by atoms with Gasteiger partial charge in [-0.25, -0.2) is 10.9 Å². The largest absolute Gasteiger partial charge is 0.273 e. The first-order chi connectivity index (χ1) is 14.2. The molecule has 0 unspecified atom stereocenters. The van der Waals surface area contributed by atoms with Gasteiger partial charge in [0.2, 0.25) is 11.8 Å². The van der Waals surface area contributed by atoms with Crippen molar-refractivity contribution in [3.63, 3.8) is 0 Å². The van der Waals surface area contributed by atoms with E-state index in [1.807, 2.05) is 0 Å². The molecule has 0 saturated heterocycles. The van der Waals surface area contributed by atoms with Crippen molar-refractivity contribution in [2.75, 3.05) is 0 Å². The Morgan fingerprint density at radius 2 is 1.07 bits per heavy atom. The molecule has 0 bridgehead atoms. The first-order valence-corrected chi connectivity index (χ1v) is 10.3. The second kappa shape index (κ2) is 11.3. The minimum atomic E-state index is -0.408. The lowest BCUT2D eigenvalue weighted by molar-refractivity contribution is -0.126. The van der Waals surface area contributed by atoms with E-state index in [1.54, 1.807) is 50.2 Å². The van der Waals surface area contributed by atoms with E-state index in [9.17, 15) is 9.59 Å². The summed E-state index contributed by atoms with van der Waals surface area (Å²) < 4.78 is 0. The summed E-state index contributed by atoms with van der Waals surface area (Å²) in [7, 11) is 0. The van der Waals surface area contributed by atoms with Crippen LogP contribution in [0.4, 0.5) is 0 Å². The van der Waals surface area contributed by atoms with E-state index >= 15 is 0 Å². The number of hydrogen-bond donors (Lipinski definition) is 2. The predicted molar refractivity (Wildman–Crippen MR) is 123 cm³/mol. The highest BCUT2D eigenvalue weighted by atomic mass is 35.5. The molecule has 0 radical (unpaired) electrons. The molecule has 0 spiro atoms. The predicted octanol–water partition coefficient (Wildman–Crippen LogP) is 5.46. The van der Waals surface area contributed by atoms with Gasteiger partial charge in [-0.3, -0.25) is 9.59 Å². The van der Waals surface area contributed by atoms with Crippen LogP contribution in [0, 0.1) is 0 Å². The number of benzene rings is 2. The topological polar surface area (TPSA) is 82.9 Å². The van der Waals surface area contributed by atoms with Crippen LogP contribution in [0.15, 0.2) is 46.6 Å². The summed E-state index contributed by atoms with van der Waals surface area (Å²) in [6.45, 7) is 3.43. The number of carbonyl (C=O) groups is 2. The molecule has 0 aliphatic rings. The summed E-state index contributed by atoms with van der Waals surface area (Å²) in [5.74, 6) is -0.815. The molecule has 0 atom stereocenters. The number of nitrogens with one attached hydrogen (secondary N) is 2. The standard InChI is InChI=1S/C20H18Cl4N4O2/c1-11(13-3-5-15(21)17(23)9-13)25-27-19(29)7-8-20(30)28-26-12(2)14-4-6-16(22)18(24)10-14/h3-6,9-10H,7-8H2,1-2H3,(H,27,29)(H,28,30)/b25-11+,26-12+. The Morgan fingerprint density at radius 3 is 1.40 bits per heavy atom. The van der Waals surface area contributed by atoms with Crippen LogP contribution < -0.4 is 10.9 Å². The summed E-state index contributed by atoms with van der Waals surface area (Å²) in [5, 5.41) is 9.66. The minimum absolute atomic E-state index is 0.0503. The van der Waals surface area contributed by atoms with E-state index in [0.717, 1.165) is 11.1 Å². The minimum Gasteiger partial charge on any atom is -0.273 e. The lowest BCUT2D eigenvalue weighted by atomic mass is 10.1. The third kappa shape index (κ3) is 7.29. The molecule has 30 heavy (non-hydrogen) atoms. The SMILES string of the molecule is C/C(=N\NC(=O)CCC(=O)N/N=C(\C)c1ccc(Cl)c(Cl)c1)c1ccc(Cl)c(Cl)c1. The second-order valence-electron chi connectivity index (χ2n) is 6.22. The van der Waals surface area contributed by atoms with Crippen molar-refractivity contribution in [1.29, 1.82) is 0 Å². The third-order valence-electron chi connectivity index (χ3n) is 3.95. The highest BCUT2D eigenvalue weighted by molar-refractivity contribution is 6.42. The molecule has 6 nitrogen and oxygen atoms in total. The van der Waals surface area contributed by atoms with Crippen molar-refractivity contribution in [3.05, 3.63) is 67.6 Å². The second-order valence-corrected chi connectivity index (χ2v) is 7.85. The highest BCUT2D eigenvalue weighted by Gasteiger charge is 2.08. The average Bonchev–Trinajstić information content (AvgIpc) is 2.72. The summed E-state index contributed by atoms with van der Waals surface area (Å²) in [5.41, 5.74) is 7.34. The molecule has 0 heterocycles. The highest BCUT2D eigenvalue weighted by Crippen LogP contribution is 2.23. The van der Waals surface area contributed by atoms with Crippen molar-refractivity contribution in [3.8, 4) is 0 Å². The van der Waals surface area contributed by atoms with Gasteiger partial charge in [0.25, 0.3) is 0 Å². The van der Waals surface area contributed by atoms with Crippen molar-refractivity contribution in [1.82, 2.24) is 10.9 Å². The van der Waals surface area contributed by atoms with E-state index < -0.39 is 11.8 Å². The zero-order valence-electron chi connectivity index (χ0n) is 16.1. The molecule has 0 saturated carbocycles. The molecule has 0 fully saturated rings. The molecule has 0 aromatic heterocycles. The lowest BCUT2D eigenvalue weighted by Gasteiger charge is -2.05. The number of halogens is 4. The molecule has 0 aliphatic carbocycles. The molecule has 2 N–H and O–H groups in total. The first kappa shape index (κ1) is 24.2. The molecular formula is C20H18Cl4N4O2. The summed E-state index contributed by atoms with van der Waals surface area (Å²) in [6, 6.07) is 10.1. The van der Waals surface area contributed by atoms with Crippen molar-refractivity contribution >= 4 is 69.6 Å². The fourth-order valence-corrected chi connectivity index (χ4v) is 2.80. The Kier molecular flexibility index (Phi) is 9.11. The Balaban J connectivity index is 1.82. The van der Waals surface area contributed by atoms with Crippen molar-refractivity contribution in [2.24, 2.45) is 10.2 Å². The fourth-order valence-electron chi connectivity index (χ4n) is 2.20. The molecule has 2 rings (SSSR count). The fraction of sp³-hybridized carbons (Fsp3) is 0.200. The van der Waals surface area contributed by atoms with E-state index in [0.29, 0.717) is 31.5 Å². The average molecular weight is 488 g/mol. The maximum Gasteiger partial charge on any atom is 0.240 e. The van der Waals surface area contributed by atoms with Crippen LogP contribution in [0.25, 0.3) is 0 Å². The van der Waals surface area contributed by atoms with Crippen molar-refractivity contribution < 1.29 is 9.59 Å². The third-order valence-corrected chi connectivity index (χ3v) is 5.43. The van der Waals surface area contributed by atoms with Crippen LogP contribution in [0.3, 0.4) is 0 Å². The van der Waals surface area contributed by atoms with Gasteiger partial charge in [-0.05, 0) is 49.2 Å². The first-order valence-electron chi connectivity index (χ1n) is 8.74. The van der Waals surface area contributed by atoms with Gasteiger partial charge in [-0.2, -0.15) is 10.2 Å². The summed E-state index contributed by atoms with van der Waals surface area (Å²) >= 11 is 23.7. The Bertz CT molecular complexity index is 940. The zero-order valence-corrected chi connectivity index (χ0v) is 19.1. The Hall–Kier alpha value is -2.12. The van der Waals surface area contributed by atoms with Gasteiger partial charge < -0.3 is 0 Å². The molecular weight excluding hydrogens is 470 g/mol. The van der Waals surface area contributed by atoms with Gasteiger partial charge in [0.05, 0.1) is 31.5 Å². The van der Waals surface area contributed by atoms with Gasteiger partial charge in [0, 0.05) is 12.8 Å². The molecule has 10 heteroatoms. The number of rotatable bonds is 7. The molecule has 0 aliphatic heterocycles. The lowest BCUT2D eigenvalue weighted by Crippen LogP contribution is -2.24. The maximum atomic E-state index is 11.9. The van der Waals surface area contributed by atoms with Gasteiger partial charge >= 0.3 is 0 Å². The zero-order chi connectivity index (χ0) is 22.3. The number of carbonyl (C=O) groups excluding carboxylic acids is 2. The van der Waals surface area contributed by atoms with Crippen LogP contribution in [0.2, 0.25) is 20.1 Å². The normalized spacial score (nSPS) is 11.9. The van der Waals surface area contributed by atoms with Crippen LogP contribution in [0.5, 0.6) is 0 Å². The maximum absolute atomic E-state index is 11.9. The van der Waals surface area contributed by atoms with E-state index in [2.05, 4.69) is 21.1 Å². The Morgan fingerprint density at radius 1 is 0.700 bits per heavy atom. The molecule has 158 valence electrons. The number of hydrogen-bond acceptors (Lipinski definition) is 4. The number of nitrogens with zero attached hydrogens (tertiary/aromatic N) is 2. The smallest absolute Gasteiger partial charge is 0.240 e. The van der Waals surface area contributed by atoms with Crippen LogP contribution in [-0.4, -0.2) is 23.2 Å². The summed E-state index contributed by atoms with van der Waals surface area (Å²) in [6.07, 6.45) is -0.101. The number of amides is 2. The van der Waals surface area contributed by atoms with E-state index in [4.69, 9.17) is 46.4 Å². The van der Waals surface area contributed by atoms with Gasteiger partial charge in [0.1, 0.15) is 0 Å². The van der Waals surface area contributed by atoms with Crippen LogP contribution in [-0.2, 0) is 9.59 Å². The Labute approximate surface area is 194 Å². The van der Waals surface area contributed by atoms with Gasteiger partial charge in [0.15, 0.2) is 0 Å². The molecule has 2 aromatic rings.